The molecule has 1 atom stereocenters. The van der Waals surface area contributed by atoms with E-state index in [0.29, 0.717) is 30.8 Å². The summed E-state index contributed by atoms with van der Waals surface area (Å²) in [7, 11) is 0. The lowest BCUT2D eigenvalue weighted by atomic mass is 10.0. The fourth-order valence-electron chi connectivity index (χ4n) is 4.32. The standard InChI is InChI=1S/C25H26N4O2/c1-17(26)21-14-27-25(28-15-21)19-6-4-18(5-7-19)16-29-10-2-3-22(29)20-8-9-23-24(13-20)31-12-11-30-23/h4-9,13-15,22,26H,2-3,10-12,16H2,1H3/t22-/m1/s1. The van der Waals surface area contributed by atoms with Crippen molar-refractivity contribution in [3.63, 3.8) is 0 Å². The molecule has 0 amide bonds. The summed E-state index contributed by atoms with van der Waals surface area (Å²) in [6.07, 6.45) is 5.77. The number of benzene rings is 2. The summed E-state index contributed by atoms with van der Waals surface area (Å²) in [5, 5.41) is 7.67. The van der Waals surface area contributed by atoms with Crippen molar-refractivity contribution in [2.75, 3.05) is 19.8 Å². The third kappa shape index (κ3) is 4.16. The van der Waals surface area contributed by atoms with Gasteiger partial charge in [0.1, 0.15) is 13.2 Å². The zero-order valence-electron chi connectivity index (χ0n) is 17.7. The maximum absolute atomic E-state index is 7.67. The first kappa shape index (κ1) is 19.7. The molecule has 0 unspecified atom stereocenters. The Bertz CT molecular complexity index is 1080. The third-order valence-electron chi connectivity index (χ3n) is 6.00. The Labute approximate surface area is 182 Å². The van der Waals surface area contributed by atoms with E-state index in [4.69, 9.17) is 14.9 Å². The summed E-state index contributed by atoms with van der Waals surface area (Å²) < 4.78 is 11.5. The highest BCUT2D eigenvalue weighted by atomic mass is 16.6. The van der Waals surface area contributed by atoms with Crippen LogP contribution in [0.4, 0.5) is 0 Å². The Morgan fingerprint density at radius 2 is 1.77 bits per heavy atom. The zero-order chi connectivity index (χ0) is 21.2. The van der Waals surface area contributed by atoms with Gasteiger partial charge in [-0.25, -0.2) is 9.97 Å². The van der Waals surface area contributed by atoms with E-state index >= 15 is 0 Å². The van der Waals surface area contributed by atoms with Crippen molar-refractivity contribution in [3.8, 4) is 22.9 Å². The van der Waals surface area contributed by atoms with Gasteiger partial charge in [-0.2, -0.15) is 0 Å². The van der Waals surface area contributed by atoms with Gasteiger partial charge >= 0.3 is 0 Å². The fraction of sp³-hybridized carbons (Fsp3) is 0.320. The number of hydrogen-bond acceptors (Lipinski definition) is 6. The van der Waals surface area contributed by atoms with E-state index in [2.05, 4.69) is 51.3 Å². The Morgan fingerprint density at radius 3 is 2.52 bits per heavy atom. The second-order valence-electron chi connectivity index (χ2n) is 8.15. The summed E-state index contributed by atoms with van der Waals surface area (Å²) in [6.45, 7) is 4.98. The fourth-order valence-corrected chi connectivity index (χ4v) is 4.32. The molecule has 3 heterocycles. The first-order valence-corrected chi connectivity index (χ1v) is 10.8. The predicted octanol–water partition coefficient (Wildman–Crippen LogP) is 4.64. The molecule has 1 N–H and O–H groups in total. The number of rotatable bonds is 5. The smallest absolute Gasteiger partial charge is 0.161 e. The molecular formula is C25H26N4O2. The molecule has 2 aliphatic rings. The van der Waals surface area contributed by atoms with Gasteiger partial charge in [0.05, 0.1) is 0 Å². The van der Waals surface area contributed by atoms with Crippen LogP contribution in [-0.2, 0) is 6.54 Å². The zero-order valence-corrected chi connectivity index (χ0v) is 17.7. The number of ether oxygens (including phenoxy) is 2. The lowest BCUT2D eigenvalue weighted by Gasteiger charge is -2.26. The average Bonchev–Trinajstić information content (AvgIpc) is 3.27. The largest absolute Gasteiger partial charge is 0.486 e. The monoisotopic (exact) mass is 414 g/mol. The average molecular weight is 415 g/mol. The van der Waals surface area contributed by atoms with Crippen LogP contribution in [0.15, 0.2) is 54.9 Å². The van der Waals surface area contributed by atoms with Crippen LogP contribution < -0.4 is 9.47 Å². The molecule has 2 aliphatic heterocycles. The van der Waals surface area contributed by atoms with Crippen LogP contribution in [0, 0.1) is 5.41 Å². The molecule has 6 nitrogen and oxygen atoms in total. The Morgan fingerprint density at radius 1 is 1.03 bits per heavy atom. The van der Waals surface area contributed by atoms with Crippen molar-refractivity contribution in [2.24, 2.45) is 0 Å². The van der Waals surface area contributed by atoms with Crippen LogP contribution in [0.2, 0.25) is 0 Å². The summed E-state index contributed by atoms with van der Waals surface area (Å²) >= 11 is 0. The molecule has 2 aromatic carbocycles. The van der Waals surface area contributed by atoms with Crippen molar-refractivity contribution >= 4 is 5.71 Å². The molecule has 0 saturated carbocycles. The number of likely N-dealkylation sites (tertiary alicyclic amines) is 1. The Kier molecular flexibility index (Phi) is 5.38. The van der Waals surface area contributed by atoms with Gasteiger partial charge in [-0.3, -0.25) is 4.90 Å². The summed E-state index contributed by atoms with van der Waals surface area (Å²) in [6, 6.07) is 15.2. The second kappa shape index (κ2) is 8.47. The highest BCUT2D eigenvalue weighted by Gasteiger charge is 2.27. The number of nitrogens with one attached hydrogen (secondary N) is 1. The van der Waals surface area contributed by atoms with E-state index in [1.54, 1.807) is 19.3 Å². The van der Waals surface area contributed by atoms with Gasteiger partial charge in [-0.05, 0) is 49.6 Å². The van der Waals surface area contributed by atoms with E-state index in [1.165, 1.54) is 17.5 Å². The first-order chi connectivity index (χ1) is 15.2. The molecule has 0 aliphatic carbocycles. The van der Waals surface area contributed by atoms with Gasteiger partial charge in [0.2, 0.25) is 0 Å². The number of aromatic nitrogens is 2. The maximum atomic E-state index is 7.67. The highest BCUT2D eigenvalue weighted by Crippen LogP contribution is 2.38. The van der Waals surface area contributed by atoms with Gasteiger partial charge in [0.25, 0.3) is 0 Å². The summed E-state index contributed by atoms with van der Waals surface area (Å²) in [5.41, 5.74) is 4.79. The molecule has 1 saturated heterocycles. The van der Waals surface area contributed by atoms with Crippen molar-refractivity contribution in [2.45, 2.75) is 32.4 Å². The SMILES string of the molecule is CC(=N)c1cnc(-c2ccc(CN3CCC[C@@H]3c3ccc4c(c3)OCCO4)cc2)nc1. The minimum atomic E-state index is 0.399. The molecule has 0 bridgehead atoms. The van der Waals surface area contributed by atoms with E-state index in [-0.39, 0.29) is 0 Å². The molecule has 6 heteroatoms. The quantitative estimate of drug-likeness (QED) is 0.616. The predicted molar refractivity (Wildman–Crippen MR) is 120 cm³/mol. The van der Waals surface area contributed by atoms with E-state index < -0.39 is 0 Å². The molecule has 1 fully saturated rings. The van der Waals surface area contributed by atoms with Crippen molar-refractivity contribution < 1.29 is 9.47 Å². The molecule has 0 spiro atoms. The second-order valence-corrected chi connectivity index (χ2v) is 8.15. The van der Waals surface area contributed by atoms with Crippen molar-refractivity contribution in [1.29, 1.82) is 5.41 Å². The van der Waals surface area contributed by atoms with Gasteiger partial charge < -0.3 is 14.9 Å². The lowest BCUT2D eigenvalue weighted by Crippen LogP contribution is -2.23. The molecule has 1 aromatic heterocycles. The van der Waals surface area contributed by atoms with Crippen LogP contribution in [-0.4, -0.2) is 40.3 Å². The number of fused-ring (bicyclic) bond motifs is 1. The highest BCUT2D eigenvalue weighted by molar-refractivity contribution is 5.95. The third-order valence-corrected chi connectivity index (χ3v) is 6.00. The molecule has 158 valence electrons. The normalized spacial score (nSPS) is 18.2. The minimum absolute atomic E-state index is 0.399. The van der Waals surface area contributed by atoms with E-state index in [1.807, 2.05) is 6.07 Å². The van der Waals surface area contributed by atoms with Crippen molar-refractivity contribution in [1.82, 2.24) is 14.9 Å². The maximum Gasteiger partial charge on any atom is 0.161 e. The Balaban J connectivity index is 1.29. The topological polar surface area (TPSA) is 71.3 Å². The van der Waals surface area contributed by atoms with Gasteiger partial charge in [0, 0.05) is 41.8 Å². The molecule has 0 radical (unpaired) electrons. The van der Waals surface area contributed by atoms with Crippen LogP contribution in [0.3, 0.4) is 0 Å². The van der Waals surface area contributed by atoms with Gasteiger partial charge in [-0.1, -0.05) is 30.3 Å². The minimum Gasteiger partial charge on any atom is -0.486 e. The van der Waals surface area contributed by atoms with Gasteiger partial charge in [0.15, 0.2) is 17.3 Å². The van der Waals surface area contributed by atoms with Crippen LogP contribution in [0.1, 0.15) is 42.5 Å². The van der Waals surface area contributed by atoms with E-state index in [9.17, 15) is 0 Å². The summed E-state index contributed by atoms with van der Waals surface area (Å²) in [4.78, 5) is 11.4. The first-order valence-electron chi connectivity index (χ1n) is 10.8. The van der Waals surface area contributed by atoms with Gasteiger partial charge in [-0.15, -0.1) is 0 Å². The molecule has 5 rings (SSSR count). The van der Waals surface area contributed by atoms with Crippen LogP contribution >= 0.6 is 0 Å². The summed E-state index contributed by atoms with van der Waals surface area (Å²) in [5.74, 6) is 2.40. The molecular weight excluding hydrogens is 388 g/mol. The van der Waals surface area contributed by atoms with Crippen molar-refractivity contribution in [3.05, 3.63) is 71.5 Å². The molecule has 31 heavy (non-hydrogen) atoms. The lowest BCUT2D eigenvalue weighted by molar-refractivity contribution is 0.170. The number of hydrogen-bond donors (Lipinski definition) is 1. The van der Waals surface area contributed by atoms with Crippen LogP contribution in [0.25, 0.3) is 11.4 Å². The van der Waals surface area contributed by atoms with E-state index in [0.717, 1.165) is 42.1 Å². The van der Waals surface area contributed by atoms with Crippen LogP contribution in [0.5, 0.6) is 11.5 Å². The molecule has 3 aromatic rings. The number of nitrogens with zero attached hydrogens (tertiary/aromatic N) is 3. The Hall–Kier alpha value is -3.25.